The fourth-order valence-electron chi connectivity index (χ4n) is 0.638. The van der Waals surface area contributed by atoms with Crippen molar-refractivity contribution in [2.75, 3.05) is 6.61 Å². The van der Waals surface area contributed by atoms with Gasteiger partial charge in [-0.3, -0.25) is 0 Å². The quantitative estimate of drug-likeness (QED) is 0.668. The zero-order valence-electron chi connectivity index (χ0n) is 5.83. The molecule has 1 rings (SSSR count). The first-order valence-electron chi connectivity index (χ1n) is 3.14. The molecule has 0 fully saturated rings. The predicted octanol–water partition coefficient (Wildman–Crippen LogP) is 0.532. The highest BCUT2D eigenvalue weighted by atomic mass is 16.5. The van der Waals surface area contributed by atoms with E-state index < -0.39 is 0 Å². The van der Waals surface area contributed by atoms with Gasteiger partial charge in [-0.05, 0) is 12.1 Å². The third kappa shape index (κ3) is 1.27. The van der Waals surface area contributed by atoms with Gasteiger partial charge in [-0.15, -0.1) is 0 Å². The number of hydrogen-bond acceptors (Lipinski definition) is 4. The van der Waals surface area contributed by atoms with Crippen molar-refractivity contribution in [2.24, 2.45) is 5.73 Å². The molecule has 0 radical (unpaired) electrons. The van der Waals surface area contributed by atoms with Crippen molar-refractivity contribution in [3.63, 3.8) is 0 Å². The number of aromatic nitrogens is 1. The Morgan fingerprint density at radius 2 is 2.60 bits per heavy atom. The van der Waals surface area contributed by atoms with Gasteiger partial charge in [-0.2, -0.15) is 0 Å². The second-order valence-electron chi connectivity index (χ2n) is 1.78. The lowest BCUT2D eigenvalue weighted by molar-refractivity contribution is 0.293. The molecular weight excluding hydrogens is 132 g/mol. The van der Waals surface area contributed by atoms with Crippen LogP contribution < -0.4 is 10.5 Å². The Morgan fingerprint density at radius 3 is 3.20 bits per heavy atom. The van der Waals surface area contributed by atoms with Gasteiger partial charge < -0.3 is 15.0 Å². The molecule has 4 heteroatoms. The molecule has 1 heterocycles. The van der Waals surface area contributed by atoms with Crippen LogP contribution in [0.5, 0.6) is 5.88 Å². The highest BCUT2D eigenvalue weighted by molar-refractivity contribution is 5.20. The summed E-state index contributed by atoms with van der Waals surface area (Å²) in [6.45, 7) is 2.87. The molecule has 0 bridgehead atoms. The predicted molar refractivity (Wildman–Crippen MR) is 35.6 cm³/mol. The summed E-state index contributed by atoms with van der Waals surface area (Å²) in [5.41, 5.74) is 6.15. The summed E-state index contributed by atoms with van der Waals surface area (Å²) < 4.78 is 9.72. The van der Waals surface area contributed by atoms with Crippen molar-refractivity contribution in [1.82, 2.24) is 5.16 Å². The minimum atomic E-state index is 0.402. The molecule has 0 spiro atoms. The van der Waals surface area contributed by atoms with E-state index in [-0.39, 0.29) is 0 Å². The molecule has 0 aromatic carbocycles. The summed E-state index contributed by atoms with van der Waals surface area (Å²) in [5.74, 6) is 0.505. The molecule has 0 amide bonds. The van der Waals surface area contributed by atoms with Crippen LogP contribution in [0, 0.1) is 0 Å². The summed E-state index contributed by atoms with van der Waals surface area (Å²) in [6.07, 6.45) is 1.49. The molecule has 0 aliphatic carbocycles. The van der Waals surface area contributed by atoms with Crippen molar-refractivity contribution >= 4 is 0 Å². The molecular formula is C6H10N2O2. The smallest absolute Gasteiger partial charge is 0.258 e. The lowest BCUT2D eigenvalue weighted by atomic mass is 10.3. The van der Waals surface area contributed by atoms with E-state index in [4.69, 9.17) is 10.5 Å². The first-order chi connectivity index (χ1) is 4.88. The number of ether oxygens (including phenoxy) is 1. The summed E-state index contributed by atoms with van der Waals surface area (Å²) in [5, 5.41) is 3.60. The normalized spacial score (nSPS) is 9.80. The minimum Gasteiger partial charge on any atom is -0.476 e. The van der Waals surface area contributed by atoms with Crippen molar-refractivity contribution < 1.29 is 9.26 Å². The van der Waals surface area contributed by atoms with Crippen molar-refractivity contribution in [3.8, 4) is 5.88 Å². The van der Waals surface area contributed by atoms with Gasteiger partial charge in [0.05, 0.1) is 12.2 Å². The number of rotatable bonds is 3. The van der Waals surface area contributed by atoms with Crippen LogP contribution >= 0.6 is 0 Å². The molecule has 0 saturated heterocycles. The van der Waals surface area contributed by atoms with Crippen LogP contribution in [-0.2, 0) is 6.54 Å². The Labute approximate surface area is 58.9 Å². The van der Waals surface area contributed by atoms with Crippen LogP contribution in [0.15, 0.2) is 10.8 Å². The van der Waals surface area contributed by atoms with Gasteiger partial charge in [-0.25, -0.2) is 0 Å². The highest BCUT2D eigenvalue weighted by Gasteiger charge is 2.04. The first-order valence-corrected chi connectivity index (χ1v) is 3.14. The third-order valence-corrected chi connectivity index (χ3v) is 1.11. The summed E-state index contributed by atoms with van der Waals surface area (Å²) in [4.78, 5) is 0. The Balaban J connectivity index is 2.70. The van der Waals surface area contributed by atoms with E-state index in [2.05, 4.69) is 9.68 Å². The Bertz CT molecular complexity index is 197. The minimum absolute atomic E-state index is 0.402. The second-order valence-corrected chi connectivity index (χ2v) is 1.78. The first kappa shape index (κ1) is 7.08. The van der Waals surface area contributed by atoms with E-state index >= 15 is 0 Å². The zero-order valence-corrected chi connectivity index (χ0v) is 5.83. The lowest BCUT2D eigenvalue weighted by Gasteiger charge is -1.96. The van der Waals surface area contributed by atoms with E-state index in [0.717, 1.165) is 5.56 Å². The molecule has 1 aromatic rings. The molecule has 0 atom stereocenters. The van der Waals surface area contributed by atoms with Crippen molar-refractivity contribution in [2.45, 2.75) is 13.5 Å². The Morgan fingerprint density at radius 1 is 1.80 bits per heavy atom. The monoisotopic (exact) mass is 142 g/mol. The summed E-state index contributed by atoms with van der Waals surface area (Å²) in [6, 6.07) is 0. The average Bonchev–Trinajstić information content (AvgIpc) is 2.36. The average molecular weight is 142 g/mol. The maximum atomic E-state index is 5.35. The molecule has 4 nitrogen and oxygen atoms in total. The molecule has 0 unspecified atom stereocenters. The molecule has 10 heavy (non-hydrogen) atoms. The van der Waals surface area contributed by atoms with E-state index in [0.29, 0.717) is 19.0 Å². The van der Waals surface area contributed by atoms with E-state index in [1.165, 1.54) is 6.26 Å². The van der Waals surface area contributed by atoms with Crippen LogP contribution in [0.3, 0.4) is 0 Å². The van der Waals surface area contributed by atoms with Gasteiger partial charge in [0.25, 0.3) is 5.88 Å². The molecule has 1 aromatic heterocycles. The largest absolute Gasteiger partial charge is 0.476 e. The molecule has 0 aliphatic rings. The van der Waals surface area contributed by atoms with Crippen LogP contribution in [0.2, 0.25) is 0 Å². The number of nitrogens with two attached hydrogens (primary N) is 1. The Kier molecular flexibility index (Phi) is 2.28. The van der Waals surface area contributed by atoms with Gasteiger partial charge in [-0.1, -0.05) is 0 Å². The molecule has 56 valence electrons. The van der Waals surface area contributed by atoms with Crippen LogP contribution in [0.4, 0.5) is 0 Å². The molecule has 0 aliphatic heterocycles. The summed E-state index contributed by atoms with van der Waals surface area (Å²) in [7, 11) is 0. The lowest BCUT2D eigenvalue weighted by Crippen LogP contribution is -1.99. The van der Waals surface area contributed by atoms with E-state index in [1.807, 2.05) is 6.92 Å². The van der Waals surface area contributed by atoms with Gasteiger partial charge in [0.2, 0.25) is 0 Å². The maximum absolute atomic E-state index is 5.35. The number of nitrogens with zero attached hydrogens (tertiary/aromatic N) is 1. The van der Waals surface area contributed by atoms with Crippen molar-refractivity contribution in [3.05, 3.63) is 11.8 Å². The highest BCUT2D eigenvalue weighted by Crippen LogP contribution is 2.13. The fourth-order valence-corrected chi connectivity index (χ4v) is 0.638. The maximum Gasteiger partial charge on any atom is 0.258 e. The Hall–Kier alpha value is -1.03. The second kappa shape index (κ2) is 3.22. The fraction of sp³-hybridized carbons (Fsp3) is 0.500. The van der Waals surface area contributed by atoms with Gasteiger partial charge >= 0.3 is 0 Å². The number of hydrogen-bond donors (Lipinski definition) is 1. The SMILES string of the molecule is CCOc1nocc1CN. The topological polar surface area (TPSA) is 61.3 Å². The van der Waals surface area contributed by atoms with Gasteiger partial charge in [0.15, 0.2) is 0 Å². The summed E-state index contributed by atoms with van der Waals surface area (Å²) >= 11 is 0. The zero-order chi connectivity index (χ0) is 7.40. The van der Waals surface area contributed by atoms with E-state index in [1.54, 1.807) is 0 Å². The van der Waals surface area contributed by atoms with Gasteiger partial charge in [0.1, 0.15) is 6.26 Å². The molecule has 0 saturated carbocycles. The van der Waals surface area contributed by atoms with Crippen LogP contribution in [0.1, 0.15) is 12.5 Å². The van der Waals surface area contributed by atoms with Gasteiger partial charge in [0, 0.05) is 6.54 Å². The van der Waals surface area contributed by atoms with Crippen LogP contribution in [0.25, 0.3) is 0 Å². The van der Waals surface area contributed by atoms with Crippen molar-refractivity contribution in [1.29, 1.82) is 0 Å². The standard InChI is InChI=1S/C6H10N2O2/c1-2-9-6-5(3-7)4-10-8-6/h4H,2-3,7H2,1H3. The van der Waals surface area contributed by atoms with Crippen LogP contribution in [-0.4, -0.2) is 11.8 Å². The van der Waals surface area contributed by atoms with E-state index in [9.17, 15) is 0 Å². The molecule has 2 N–H and O–H groups in total. The third-order valence-electron chi connectivity index (χ3n) is 1.11.